The van der Waals surface area contributed by atoms with Gasteiger partial charge in [-0.2, -0.15) is 0 Å². The first kappa shape index (κ1) is 18.5. The van der Waals surface area contributed by atoms with Gasteiger partial charge in [-0.15, -0.1) is 11.3 Å². The Hall–Kier alpha value is -2.54. The van der Waals surface area contributed by atoms with Crippen LogP contribution in [0.15, 0.2) is 53.9 Å². The first-order valence-electron chi connectivity index (χ1n) is 9.90. The summed E-state index contributed by atoms with van der Waals surface area (Å²) in [5.74, 6) is 0.144. The number of nitrogens with zero attached hydrogens (tertiary/aromatic N) is 3. The van der Waals surface area contributed by atoms with Gasteiger partial charge in [0, 0.05) is 43.3 Å². The summed E-state index contributed by atoms with van der Waals surface area (Å²) in [6.45, 7) is 3.45. The summed E-state index contributed by atoms with van der Waals surface area (Å²) < 4.78 is 6.04. The molecule has 5 rings (SSSR count). The maximum Gasteiger partial charge on any atom is 0.231 e. The zero-order chi connectivity index (χ0) is 19.8. The molecule has 2 aliphatic rings. The van der Waals surface area contributed by atoms with E-state index in [0.717, 1.165) is 53.8 Å². The van der Waals surface area contributed by atoms with E-state index in [2.05, 4.69) is 52.7 Å². The van der Waals surface area contributed by atoms with E-state index in [4.69, 9.17) is 9.72 Å². The van der Waals surface area contributed by atoms with Crippen molar-refractivity contribution >= 4 is 22.9 Å². The molecule has 1 unspecified atom stereocenters. The molecule has 6 heteroatoms. The standard InChI is InChI=1S/C23H23N3O2S/c1-25-20-8-7-17(11-18(20)12-22(25)27)19-15-29-23(24-19)21-14-26(9-10-28-21)13-16-5-3-2-4-6-16/h2-8,11,15,21H,9-10,12-14H2,1H3. The minimum atomic E-state index is 0.00773. The van der Waals surface area contributed by atoms with Crippen molar-refractivity contribution in [3.63, 3.8) is 0 Å². The number of hydrogen-bond donors (Lipinski definition) is 0. The molecule has 2 aromatic carbocycles. The van der Waals surface area contributed by atoms with Crippen LogP contribution in [0.25, 0.3) is 11.3 Å². The number of hydrogen-bond acceptors (Lipinski definition) is 5. The molecule has 0 spiro atoms. The van der Waals surface area contributed by atoms with Gasteiger partial charge in [-0.1, -0.05) is 36.4 Å². The third kappa shape index (κ3) is 3.71. The molecular formula is C23H23N3O2S. The van der Waals surface area contributed by atoms with Gasteiger partial charge in [-0.25, -0.2) is 4.98 Å². The monoisotopic (exact) mass is 405 g/mol. The number of carbonyl (C=O) groups excluding carboxylic acids is 1. The van der Waals surface area contributed by atoms with Crippen molar-refractivity contribution in [1.82, 2.24) is 9.88 Å². The van der Waals surface area contributed by atoms with Crippen molar-refractivity contribution in [2.24, 2.45) is 0 Å². The largest absolute Gasteiger partial charge is 0.368 e. The Kier molecular flexibility index (Phi) is 4.91. The van der Waals surface area contributed by atoms with Crippen molar-refractivity contribution in [2.75, 3.05) is 31.6 Å². The molecule has 3 heterocycles. The van der Waals surface area contributed by atoms with Crippen LogP contribution in [-0.4, -0.2) is 42.5 Å². The van der Waals surface area contributed by atoms with E-state index in [1.165, 1.54) is 5.56 Å². The molecule has 0 bridgehead atoms. The molecule has 1 atom stereocenters. The Morgan fingerprint density at radius 2 is 2.07 bits per heavy atom. The number of rotatable bonds is 4. The topological polar surface area (TPSA) is 45.7 Å². The van der Waals surface area contributed by atoms with Crippen molar-refractivity contribution in [2.45, 2.75) is 19.1 Å². The van der Waals surface area contributed by atoms with Crippen molar-refractivity contribution < 1.29 is 9.53 Å². The van der Waals surface area contributed by atoms with Crippen LogP contribution in [-0.2, 0) is 22.5 Å². The van der Waals surface area contributed by atoms with E-state index in [1.54, 1.807) is 16.2 Å². The van der Waals surface area contributed by atoms with E-state index in [-0.39, 0.29) is 12.0 Å². The predicted octanol–water partition coefficient (Wildman–Crippen LogP) is 3.90. The molecule has 148 valence electrons. The quantitative estimate of drug-likeness (QED) is 0.660. The normalized spacial score (nSPS) is 19.6. The number of morpholine rings is 1. The zero-order valence-electron chi connectivity index (χ0n) is 16.4. The maximum absolute atomic E-state index is 11.9. The highest BCUT2D eigenvalue weighted by molar-refractivity contribution is 7.10. The molecule has 5 nitrogen and oxygen atoms in total. The minimum absolute atomic E-state index is 0.00773. The first-order valence-corrected chi connectivity index (χ1v) is 10.8. The van der Waals surface area contributed by atoms with E-state index < -0.39 is 0 Å². The number of fused-ring (bicyclic) bond motifs is 1. The van der Waals surface area contributed by atoms with Crippen LogP contribution < -0.4 is 4.90 Å². The zero-order valence-corrected chi connectivity index (χ0v) is 17.2. The Bertz CT molecular complexity index is 1030. The summed E-state index contributed by atoms with van der Waals surface area (Å²) in [6, 6.07) is 16.7. The number of amides is 1. The van der Waals surface area contributed by atoms with E-state index in [1.807, 2.05) is 13.1 Å². The van der Waals surface area contributed by atoms with Crippen LogP contribution in [0.1, 0.15) is 22.2 Å². The molecule has 1 amide bonds. The SMILES string of the molecule is CN1C(=O)Cc2cc(-c3csc(C4CN(Cc5ccccc5)CCO4)n3)ccc21. The lowest BCUT2D eigenvalue weighted by Gasteiger charge is -2.32. The fourth-order valence-electron chi connectivity index (χ4n) is 4.03. The number of ether oxygens (including phenoxy) is 1. The Balaban J connectivity index is 1.31. The van der Waals surface area contributed by atoms with Gasteiger partial charge in [0.15, 0.2) is 0 Å². The molecule has 0 radical (unpaired) electrons. The molecule has 0 saturated carbocycles. The summed E-state index contributed by atoms with van der Waals surface area (Å²) in [4.78, 5) is 21.0. The number of benzene rings is 2. The molecule has 2 aliphatic heterocycles. The third-order valence-electron chi connectivity index (χ3n) is 5.65. The number of aromatic nitrogens is 1. The van der Waals surface area contributed by atoms with E-state index >= 15 is 0 Å². The van der Waals surface area contributed by atoms with Crippen molar-refractivity contribution in [1.29, 1.82) is 0 Å². The summed E-state index contributed by atoms with van der Waals surface area (Å²) >= 11 is 1.65. The van der Waals surface area contributed by atoms with Gasteiger partial charge in [-0.05, 0) is 23.3 Å². The van der Waals surface area contributed by atoms with E-state index in [0.29, 0.717) is 6.42 Å². The van der Waals surface area contributed by atoms with Gasteiger partial charge in [0.25, 0.3) is 0 Å². The Morgan fingerprint density at radius 1 is 1.21 bits per heavy atom. The lowest BCUT2D eigenvalue weighted by molar-refractivity contribution is -0.117. The highest BCUT2D eigenvalue weighted by Crippen LogP contribution is 2.34. The Labute approximate surface area is 174 Å². The van der Waals surface area contributed by atoms with Gasteiger partial charge in [0.2, 0.25) is 5.91 Å². The smallest absolute Gasteiger partial charge is 0.231 e. The van der Waals surface area contributed by atoms with E-state index in [9.17, 15) is 4.79 Å². The average Bonchev–Trinajstić information content (AvgIpc) is 3.34. The van der Waals surface area contributed by atoms with Crippen LogP contribution >= 0.6 is 11.3 Å². The van der Waals surface area contributed by atoms with Crippen LogP contribution in [0.2, 0.25) is 0 Å². The van der Waals surface area contributed by atoms with Gasteiger partial charge in [0.05, 0.1) is 18.7 Å². The molecule has 0 aliphatic carbocycles. The van der Waals surface area contributed by atoms with Crippen LogP contribution in [0.3, 0.4) is 0 Å². The van der Waals surface area contributed by atoms with Gasteiger partial charge in [0.1, 0.15) is 11.1 Å². The molecule has 1 aromatic heterocycles. The fraction of sp³-hybridized carbons (Fsp3) is 0.304. The first-order chi connectivity index (χ1) is 14.2. The van der Waals surface area contributed by atoms with Crippen molar-refractivity contribution in [3.8, 4) is 11.3 Å². The average molecular weight is 406 g/mol. The lowest BCUT2D eigenvalue weighted by Crippen LogP contribution is -2.37. The number of likely N-dealkylation sites (N-methyl/N-ethyl adjacent to an activating group) is 1. The van der Waals surface area contributed by atoms with Gasteiger partial charge < -0.3 is 9.64 Å². The van der Waals surface area contributed by atoms with Crippen LogP contribution in [0.5, 0.6) is 0 Å². The summed E-state index contributed by atoms with van der Waals surface area (Å²) in [5.41, 5.74) is 5.42. The third-order valence-corrected chi connectivity index (χ3v) is 6.59. The molecule has 0 N–H and O–H groups in total. The minimum Gasteiger partial charge on any atom is -0.368 e. The second kappa shape index (κ2) is 7.71. The summed E-state index contributed by atoms with van der Waals surface area (Å²) in [6.07, 6.45) is 0.477. The van der Waals surface area contributed by atoms with Gasteiger partial charge in [-0.3, -0.25) is 9.69 Å². The van der Waals surface area contributed by atoms with Crippen LogP contribution in [0.4, 0.5) is 5.69 Å². The number of carbonyl (C=O) groups is 1. The number of thiazole rings is 1. The lowest BCUT2D eigenvalue weighted by atomic mass is 10.1. The molecule has 29 heavy (non-hydrogen) atoms. The highest BCUT2D eigenvalue weighted by Gasteiger charge is 2.26. The second-order valence-electron chi connectivity index (χ2n) is 7.62. The molecular weight excluding hydrogens is 382 g/mol. The fourth-order valence-corrected chi connectivity index (χ4v) is 4.90. The van der Waals surface area contributed by atoms with Gasteiger partial charge >= 0.3 is 0 Å². The van der Waals surface area contributed by atoms with Crippen LogP contribution in [0, 0.1) is 0 Å². The highest BCUT2D eigenvalue weighted by atomic mass is 32.1. The molecule has 1 fully saturated rings. The summed E-state index contributed by atoms with van der Waals surface area (Å²) in [7, 11) is 1.83. The Morgan fingerprint density at radius 3 is 2.93 bits per heavy atom. The molecule has 3 aromatic rings. The number of anilines is 1. The predicted molar refractivity (Wildman–Crippen MR) is 115 cm³/mol. The maximum atomic E-state index is 11.9. The second-order valence-corrected chi connectivity index (χ2v) is 8.51. The molecule has 1 saturated heterocycles. The van der Waals surface area contributed by atoms with Crippen molar-refractivity contribution in [3.05, 3.63) is 70.0 Å². The summed E-state index contributed by atoms with van der Waals surface area (Å²) in [5, 5.41) is 3.11.